The second-order valence-electron chi connectivity index (χ2n) is 7.96. The SMILES string of the molecule is Cc1c(CC(N)=O)c2cc(OCc3nc4ccccc4s3)ccc2n1Cc1ccc(Cl)cc1. The summed E-state index contributed by atoms with van der Waals surface area (Å²) >= 11 is 7.67. The van der Waals surface area contributed by atoms with Crippen LogP contribution < -0.4 is 10.5 Å². The van der Waals surface area contributed by atoms with Crippen LogP contribution in [0.1, 0.15) is 21.8 Å². The number of ether oxygens (including phenoxy) is 1. The minimum atomic E-state index is -0.357. The molecule has 7 heteroatoms. The molecule has 0 fully saturated rings. The highest BCUT2D eigenvalue weighted by atomic mass is 35.5. The maximum Gasteiger partial charge on any atom is 0.221 e. The van der Waals surface area contributed by atoms with Crippen molar-refractivity contribution in [2.45, 2.75) is 26.5 Å². The van der Waals surface area contributed by atoms with Crippen molar-refractivity contribution < 1.29 is 9.53 Å². The molecular weight excluding hydrogens is 454 g/mol. The maximum atomic E-state index is 11.8. The molecule has 0 spiro atoms. The van der Waals surface area contributed by atoms with E-state index in [0.29, 0.717) is 18.2 Å². The van der Waals surface area contributed by atoms with Gasteiger partial charge in [-0.25, -0.2) is 4.98 Å². The maximum absolute atomic E-state index is 11.8. The van der Waals surface area contributed by atoms with E-state index in [2.05, 4.69) is 15.6 Å². The van der Waals surface area contributed by atoms with E-state index in [1.165, 1.54) is 0 Å². The summed E-state index contributed by atoms with van der Waals surface area (Å²) in [6, 6.07) is 21.8. The number of nitrogens with two attached hydrogens (primary N) is 1. The molecule has 2 heterocycles. The van der Waals surface area contributed by atoms with E-state index in [-0.39, 0.29) is 12.3 Å². The van der Waals surface area contributed by atoms with Crippen molar-refractivity contribution in [1.82, 2.24) is 9.55 Å². The molecule has 0 atom stereocenters. The zero-order valence-corrected chi connectivity index (χ0v) is 19.6. The van der Waals surface area contributed by atoms with Crippen LogP contribution in [0.2, 0.25) is 5.02 Å². The number of rotatable bonds is 7. The van der Waals surface area contributed by atoms with Gasteiger partial charge in [0.05, 0.1) is 16.6 Å². The lowest BCUT2D eigenvalue weighted by Gasteiger charge is -2.10. The fourth-order valence-corrected chi connectivity index (χ4v) is 5.13. The van der Waals surface area contributed by atoms with E-state index in [4.69, 9.17) is 22.1 Å². The molecule has 0 saturated carbocycles. The lowest BCUT2D eigenvalue weighted by atomic mass is 10.1. The first kappa shape index (κ1) is 21.5. The Labute approximate surface area is 200 Å². The normalized spacial score (nSPS) is 11.3. The van der Waals surface area contributed by atoms with Crippen LogP contribution in [0.5, 0.6) is 5.75 Å². The Bertz CT molecular complexity index is 1440. The third-order valence-electron chi connectivity index (χ3n) is 5.73. The molecule has 5 aromatic rings. The minimum absolute atomic E-state index is 0.178. The standard InChI is InChI=1S/C26H22ClN3O2S/c1-16-20(13-25(28)31)21-12-19(32-15-26-29-22-4-2-3-5-24(22)33-26)10-11-23(21)30(16)14-17-6-8-18(27)9-7-17/h2-12H,13-15H2,1H3,(H2,28,31). The van der Waals surface area contributed by atoms with Crippen LogP contribution in [0.15, 0.2) is 66.7 Å². The molecular formula is C26H22ClN3O2S. The number of hydrogen-bond donors (Lipinski definition) is 1. The first-order chi connectivity index (χ1) is 16.0. The van der Waals surface area contributed by atoms with Crippen LogP contribution in [0.4, 0.5) is 0 Å². The van der Waals surface area contributed by atoms with Crippen LogP contribution in [0.3, 0.4) is 0 Å². The third kappa shape index (κ3) is 4.45. The number of primary amides is 1. The number of fused-ring (bicyclic) bond motifs is 2. The Kier molecular flexibility index (Phi) is 5.79. The van der Waals surface area contributed by atoms with Crippen molar-refractivity contribution in [3.63, 3.8) is 0 Å². The van der Waals surface area contributed by atoms with Crippen LogP contribution in [0, 0.1) is 6.92 Å². The van der Waals surface area contributed by atoms with Gasteiger partial charge >= 0.3 is 0 Å². The molecule has 0 aliphatic rings. The molecule has 0 aliphatic heterocycles. The third-order valence-corrected chi connectivity index (χ3v) is 6.99. The molecule has 0 unspecified atom stereocenters. The Morgan fingerprint density at radius 2 is 1.91 bits per heavy atom. The van der Waals surface area contributed by atoms with E-state index >= 15 is 0 Å². The van der Waals surface area contributed by atoms with Crippen LogP contribution in [-0.2, 0) is 24.4 Å². The molecule has 2 N–H and O–H groups in total. The summed E-state index contributed by atoms with van der Waals surface area (Å²) in [6.45, 7) is 3.08. The van der Waals surface area contributed by atoms with Crippen molar-refractivity contribution in [1.29, 1.82) is 0 Å². The number of aromatic nitrogens is 2. The number of halogens is 1. The summed E-state index contributed by atoms with van der Waals surface area (Å²) in [4.78, 5) is 16.4. The highest BCUT2D eigenvalue weighted by molar-refractivity contribution is 7.18. The van der Waals surface area contributed by atoms with Crippen LogP contribution in [0.25, 0.3) is 21.1 Å². The van der Waals surface area contributed by atoms with Crippen molar-refractivity contribution in [2.75, 3.05) is 0 Å². The summed E-state index contributed by atoms with van der Waals surface area (Å²) in [5.74, 6) is 0.376. The van der Waals surface area contributed by atoms with Gasteiger partial charge in [0.2, 0.25) is 5.91 Å². The highest BCUT2D eigenvalue weighted by Crippen LogP contribution is 2.31. The molecule has 33 heavy (non-hydrogen) atoms. The number of nitrogens with zero attached hydrogens (tertiary/aromatic N) is 2. The number of thiazole rings is 1. The first-order valence-corrected chi connectivity index (χ1v) is 11.8. The number of hydrogen-bond acceptors (Lipinski definition) is 4. The number of benzene rings is 3. The zero-order valence-electron chi connectivity index (χ0n) is 18.0. The van der Waals surface area contributed by atoms with Gasteiger partial charge in [-0.2, -0.15) is 0 Å². The average molecular weight is 476 g/mol. The van der Waals surface area contributed by atoms with Gasteiger partial charge < -0.3 is 15.0 Å². The summed E-state index contributed by atoms with van der Waals surface area (Å²) in [7, 11) is 0. The predicted octanol–water partition coefficient (Wildman–Crippen LogP) is 5.87. The largest absolute Gasteiger partial charge is 0.486 e. The number of carbonyl (C=O) groups excluding carboxylic acids is 1. The summed E-state index contributed by atoms with van der Waals surface area (Å²) in [5.41, 5.74) is 10.7. The van der Waals surface area contributed by atoms with Crippen molar-refractivity contribution in [3.05, 3.63) is 93.6 Å². The smallest absolute Gasteiger partial charge is 0.221 e. The molecule has 166 valence electrons. The Morgan fingerprint density at radius 3 is 2.67 bits per heavy atom. The Hall–Kier alpha value is -3.35. The van der Waals surface area contributed by atoms with Gasteiger partial charge in [0, 0.05) is 28.2 Å². The van der Waals surface area contributed by atoms with Gasteiger partial charge in [-0.1, -0.05) is 35.9 Å². The molecule has 0 bridgehead atoms. The lowest BCUT2D eigenvalue weighted by molar-refractivity contribution is -0.117. The molecule has 1 amide bonds. The van der Waals surface area contributed by atoms with Crippen LogP contribution in [-0.4, -0.2) is 15.5 Å². The Morgan fingerprint density at radius 1 is 1.12 bits per heavy atom. The molecule has 0 aliphatic carbocycles. The zero-order chi connectivity index (χ0) is 22.9. The van der Waals surface area contributed by atoms with Gasteiger partial charge in [-0.15, -0.1) is 11.3 Å². The van der Waals surface area contributed by atoms with Gasteiger partial charge in [0.15, 0.2) is 0 Å². The Balaban J connectivity index is 1.47. The van der Waals surface area contributed by atoms with Crippen molar-refractivity contribution >= 4 is 50.0 Å². The molecule has 5 nitrogen and oxygen atoms in total. The fourth-order valence-electron chi connectivity index (χ4n) is 4.12. The summed E-state index contributed by atoms with van der Waals surface area (Å²) in [5, 5.41) is 2.60. The molecule has 0 saturated heterocycles. The second-order valence-corrected chi connectivity index (χ2v) is 9.51. The fraction of sp³-hybridized carbons (Fsp3) is 0.154. The number of para-hydroxylation sites is 1. The summed E-state index contributed by atoms with van der Waals surface area (Å²) in [6.07, 6.45) is 0.178. The summed E-state index contributed by atoms with van der Waals surface area (Å²) < 4.78 is 9.42. The predicted molar refractivity (Wildman–Crippen MR) is 134 cm³/mol. The van der Waals surface area contributed by atoms with E-state index < -0.39 is 0 Å². The van der Waals surface area contributed by atoms with E-state index in [0.717, 1.165) is 48.7 Å². The highest BCUT2D eigenvalue weighted by Gasteiger charge is 2.17. The molecule has 2 aromatic heterocycles. The van der Waals surface area contributed by atoms with Crippen molar-refractivity contribution in [3.8, 4) is 5.75 Å². The molecule has 5 rings (SSSR count). The van der Waals surface area contributed by atoms with Gasteiger partial charge in [-0.05, 0) is 60.5 Å². The lowest BCUT2D eigenvalue weighted by Crippen LogP contribution is -2.14. The minimum Gasteiger partial charge on any atom is -0.486 e. The van der Waals surface area contributed by atoms with Crippen LogP contribution >= 0.6 is 22.9 Å². The quantitative estimate of drug-likeness (QED) is 0.320. The monoisotopic (exact) mass is 475 g/mol. The molecule has 0 radical (unpaired) electrons. The molecule has 3 aromatic carbocycles. The van der Waals surface area contributed by atoms with E-state index in [9.17, 15) is 4.79 Å². The second kappa shape index (κ2) is 8.89. The average Bonchev–Trinajstić information content (AvgIpc) is 3.33. The van der Waals surface area contributed by atoms with E-state index in [1.807, 2.05) is 67.6 Å². The van der Waals surface area contributed by atoms with Gasteiger partial charge in [0.1, 0.15) is 17.4 Å². The van der Waals surface area contributed by atoms with Gasteiger partial charge in [-0.3, -0.25) is 4.79 Å². The first-order valence-electron chi connectivity index (χ1n) is 10.6. The van der Waals surface area contributed by atoms with Gasteiger partial charge in [0.25, 0.3) is 0 Å². The number of carbonyl (C=O) groups is 1. The topological polar surface area (TPSA) is 70.1 Å². The number of amides is 1. The van der Waals surface area contributed by atoms with E-state index in [1.54, 1.807) is 11.3 Å². The van der Waals surface area contributed by atoms with Crippen molar-refractivity contribution in [2.24, 2.45) is 5.73 Å².